The minimum absolute atomic E-state index is 0.0631. The number of nitrogens with two attached hydrogens (primary N) is 3. The molecule has 3 amide bonds. The number of primary amides is 1. The molecule has 1 heterocycles. The Morgan fingerprint density at radius 1 is 0.863 bits per heavy atom. The molecule has 3 atom stereocenters. The van der Waals surface area contributed by atoms with Gasteiger partial charge < -0.3 is 43.0 Å². The Morgan fingerprint density at radius 3 is 2.02 bits per heavy atom. The molecule has 1 unspecified atom stereocenters. The number of halogens is 3. The number of aromatic nitrogens is 1. The number of carbonyl (C=O) groups is 4. The van der Waals surface area contributed by atoms with Crippen molar-refractivity contribution in [1.82, 2.24) is 20.9 Å². The number of nitrogen functional groups attached to an aromatic ring is 1. The van der Waals surface area contributed by atoms with Gasteiger partial charge in [-0.15, -0.1) is 0 Å². The van der Waals surface area contributed by atoms with E-state index >= 15 is 0 Å². The van der Waals surface area contributed by atoms with Gasteiger partial charge in [-0.1, -0.05) is 60.7 Å². The van der Waals surface area contributed by atoms with Crippen LogP contribution in [-0.2, 0) is 36.9 Å². The van der Waals surface area contributed by atoms with Gasteiger partial charge in [-0.3, -0.25) is 30.2 Å². The number of benzene rings is 2. The van der Waals surface area contributed by atoms with Crippen molar-refractivity contribution in [2.75, 3.05) is 13.2 Å². The van der Waals surface area contributed by atoms with Crippen molar-refractivity contribution < 1.29 is 42.2 Å². The number of amides is 3. The van der Waals surface area contributed by atoms with Crippen molar-refractivity contribution in [2.24, 2.45) is 17.2 Å². The van der Waals surface area contributed by atoms with Gasteiger partial charge in [-0.05, 0) is 42.0 Å². The predicted octanol–water partition coefficient (Wildman–Crippen LogP) is 1.26. The highest BCUT2D eigenvalue weighted by Crippen LogP contribution is 2.22. The lowest BCUT2D eigenvalue weighted by Gasteiger charge is -2.25. The molecule has 12 N–H and O–H groups in total. The molecule has 51 heavy (non-hydrogen) atoms. The van der Waals surface area contributed by atoms with Crippen molar-refractivity contribution in [3.63, 3.8) is 0 Å². The highest BCUT2D eigenvalue weighted by molar-refractivity contribution is 5.95. The quantitative estimate of drug-likeness (QED) is 0.0548. The van der Waals surface area contributed by atoms with Crippen LogP contribution < -0.4 is 33.2 Å². The number of carbonyl (C=O) groups excluding carboxylic acids is 3. The number of aliphatic carboxylic acids is 1. The fraction of sp³-hybridized carbons (Fsp3) is 0.303. The maximum absolute atomic E-state index is 13.8. The summed E-state index contributed by atoms with van der Waals surface area (Å²) in [5.74, 6) is -5.57. The zero-order valence-electron chi connectivity index (χ0n) is 27.3. The molecule has 0 aliphatic carbocycles. The molecular formula is C33H40F3N9O6. The molecule has 2 aromatic carbocycles. The lowest BCUT2D eigenvalue weighted by atomic mass is 9.91. The van der Waals surface area contributed by atoms with Crippen LogP contribution in [0, 0.1) is 10.8 Å². The van der Waals surface area contributed by atoms with E-state index in [4.69, 9.17) is 42.7 Å². The van der Waals surface area contributed by atoms with Gasteiger partial charge in [0.25, 0.3) is 0 Å². The molecule has 15 nitrogen and oxygen atoms in total. The lowest BCUT2D eigenvalue weighted by Crippen LogP contribution is -2.55. The van der Waals surface area contributed by atoms with E-state index in [-0.39, 0.29) is 37.9 Å². The Morgan fingerprint density at radius 2 is 1.49 bits per heavy atom. The van der Waals surface area contributed by atoms with Crippen LogP contribution >= 0.6 is 0 Å². The van der Waals surface area contributed by atoms with Crippen LogP contribution in [0.4, 0.5) is 13.2 Å². The lowest BCUT2D eigenvalue weighted by molar-refractivity contribution is -0.192. The number of hydrogen-bond acceptors (Lipinski definition) is 8. The molecule has 0 aliphatic heterocycles. The van der Waals surface area contributed by atoms with Crippen molar-refractivity contribution in [1.29, 1.82) is 10.8 Å². The molecule has 3 rings (SSSR count). The maximum Gasteiger partial charge on any atom is 0.490 e. The largest absolute Gasteiger partial charge is 0.490 e. The molecule has 1 aromatic heterocycles. The normalized spacial score (nSPS) is 12.5. The summed E-state index contributed by atoms with van der Waals surface area (Å²) >= 11 is 0. The number of alkyl halides is 3. The minimum atomic E-state index is -5.08. The van der Waals surface area contributed by atoms with Crippen LogP contribution in [0.3, 0.4) is 0 Å². The summed E-state index contributed by atoms with van der Waals surface area (Å²) in [5.41, 5.74) is 19.3. The summed E-state index contributed by atoms with van der Waals surface area (Å²) in [6.07, 6.45) is -1.01. The van der Waals surface area contributed by atoms with Crippen LogP contribution in [-0.4, -0.2) is 77.0 Å². The zero-order valence-corrected chi connectivity index (χ0v) is 27.3. The number of carboxylic acid groups (broad SMARTS) is 1. The molecule has 0 fully saturated rings. The van der Waals surface area contributed by atoms with Gasteiger partial charge in [-0.2, -0.15) is 13.2 Å². The van der Waals surface area contributed by atoms with E-state index in [1.54, 1.807) is 48.8 Å². The summed E-state index contributed by atoms with van der Waals surface area (Å²) in [6, 6.07) is 17.7. The molecule has 0 bridgehead atoms. The molecular weight excluding hydrogens is 675 g/mol. The predicted molar refractivity (Wildman–Crippen MR) is 180 cm³/mol. The molecule has 274 valence electrons. The first kappa shape index (κ1) is 41.1. The Balaban J connectivity index is 0.00000116. The Bertz CT molecular complexity index is 1610. The molecule has 0 saturated heterocycles. The molecule has 0 aliphatic rings. The highest BCUT2D eigenvalue weighted by atomic mass is 19.4. The first-order valence-corrected chi connectivity index (χ1v) is 15.3. The standard InChI is InChI=1S/C31H39N9O4.C2HF3O2/c32-27(33)22-12-10-20(11-13-22)16-24(23-8-4-14-37-17-23)29(42)40-26(19-44-18-21-6-2-1-3-7-21)30(43)39-25(28(34)41)9-5-15-38-31(35)36;3-2(4,5)1(6)7/h1-4,6-8,10-14,17,24-26H,5,9,15-16,18-19H2,(H3,32,33)(H2,34,41)(H,39,43)(H,40,42)(H4,35,36,38);(H,6,7)/t24-,25?,26-;/m0./s1. The summed E-state index contributed by atoms with van der Waals surface area (Å²) < 4.78 is 37.6. The van der Waals surface area contributed by atoms with E-state index in [0.717, 1.165) is 11.1 Å². The van der Waals surface area contributed by atoms with Gasteiger partial charge in [0.05, 0.1) is 19.1 Å². The Kier molecular flexibility index (Phi) is 16.5. The van der Waals surface area contributed by atoms with Gasteiger partial charge in [0.15, 0.2) is 5.96 Å². The topological polar surface area (TPSA) is 272 Å². The molecule has 3 aromatic rings. The molecule has 0 spiro atoms. The van der Waals surface area contributed by atoms with E-state index in [0.29, 0.717) is 24.1 Å². The van der Waals surface area contributed by atoms with Gasteiger partial charge in [0.2, 0.25) is 17.7 Å². The van der Waals surface area contributed by atoms with Crippen LogP contribution in [0.1, 0.15) is 41.0 Å². The zero-order chi connectivity index (χ0) is 38.0. The number of rotatable bonds is 17. The van der Waals surface area contributed by atoms with Gasteiger partial charge >= 0.3 is 12.1 Å². The van der Waals surface area contributed by atoms with Gasteiger partial charge in [-0.25, -0.2) is 4.79 Å². The summed E-state index contributed by atoms with van der Waals surface area (Å²) in [6.45, 7) is 0.345. The SMILES string of the molecule is N=C(N)NCCCC(NC(=O)[C@H](COCc1ccccc1)NC(=O)[C@@H](Cc1ccc(C(=N)N)cc1)c1cccnc1)C(N)=O.O=C(O)C(F)(F)F. The smallest absolute Gasteiger partial charge is 0.475 e. The van der Waals surface area contributed by atoms with E-state index in [2.05, 4.69) is 20.9 Å². The van der Waals surface area contributed by atoms with Gasteiger partial charge in [0, 0.05) is 24.5 Å². The van der Waals surface area contributed by atoms with Crippen LogP contribution in [0.25, 0.3) is 0 Å². The van der Waals surface area contributed by atoms with Crippen molar-refractivity contribution in [3.05, 3.63) is 101 Å². The third-order valence-electron chi connectivity index (χ3n) is 7.02. The third-order valence-corrected chi connectivity index (χ3v) is 7.02. The second-order valence-corrected chi connectivity index (χ2v) is 11.0. The first-order chi connectivity index (χ1) is 24.1. The highest BCUT2D eigenvalue weighted by Gasteiger charge is 2.38. The number of nitrogens with one attached hydrogen (secondary N) is 5. The number of carboxylic acids is 1. The maximum atomic E-state index is 13.8. The Hall–Kier alpha value is -6.04. The second kappa shape index (κ2) is 20.5. The molecule has 18 heteroatoms. The van der Waals surface area contributed by atoms with Crippen LogP contribution in [0.15, 0.2) is 79.1 Å². The van der Waals surface area contributed by atoms with Crippen molar-refractivity contribution in [3.8, 4) is 0 Å². The fourth-order valence-corrected chi connectivity index (χ4v) is 4.41. The number of guanidine groups is 1. The number of ether oxygens (including phenoxy) is 1. The van der Waals surface area contributed by atoms with Crippen molar-refractivity contribution >= 4 is 35.5 Å². The van der Waals surface area contributed by atoms with Gasteiger partial charge in [0.1, 0.15) is 17.9 Å². The average molecular weight is 716 g/mol. The minimum Gasteiger partial charge on any atom is -0.475 e. The average Bonchev–Trinajstić information content (AvgIpc) is 3.08. The fourth-order valence-electron chi connectivity index (χ4n) is 4.41. The first-order valence-electron chi connectivity index (χ1n) is 15.3. The van der Waals surface area contributed by atoms with E-state index in [9.17, 15) is 27.6 Å². The third kappa shape index (κ3) is 15.4. The number of amidine groups is 1. The van der Waals surface area contributed by atoms with E-state index in [1.165, 1.54) is 0 Å². The molecule has 0 radical (unpaired) electrons. The monoisotopic (exact) mass is 715 g/mol. The van der Waals surface area contributed by atoms with E-state index < -0.39 is 47.9 Å². The van der Waals surface area contributed by atoms with Crippen molar-refractivity contribution in [2.45, 2.75) is 50.0 Å². The summed E-state index contributed by atoms with van der Waals surface area (Å²) in [5, 5.41) is 30.1. The summed E-state index contributed by atoms with van der Waals surface area (Å²) in [7, 11) is 0. The molecule has 0 saturated carbocycles. The number of pyridine rings is 1. The number of nitrogens with zero attached hydrogens (tertiary/aromatic N) is 1. The second-order valence-electron chi connectivity index (χ2n) is 11.0. The Labute approximate surface area is 291 Å². The summed E-state index contributed by atoms with van der Waals surface area (Å²) in [4.78, 5) is 52.5. The van der Waals surface area contributed by atoms with Crippen LogP contribution in [0.2, 0.25) is 0 Å². The van der Waals surface area contributed by atoms with E-state index in [1.807, 2.05) is 30.3 Å². The van der Waals surface area contributed by atoms with Crippen LogP contribution in [0.5, 0.6) is 0 Å². The number of hydrogen-bond donors (Lipinski definition) is 9.